The number of amides is 1. The third-order valence-electron chi connectivity index (χ3n) is 19.1. The minimum atomic E-state index is -0.665. The Morgan fingerprint density at radius 1 is 0.311 bits per heavy atom. The third kappa shape index (κ3) is 74.9. The molecule has 0 saturated heterocycles. The number of hydrogen-bond donors (Lipinski definition) is 3. The first kappa shape index (κ1) is 87.8. The molecule has 0 aliphatic heterocycles. The fourth-order valence-electron chi connectivity index (χ4n) is 12.9. The van der Waals surface area contributed by atoms with E-state index in [0.717, 1.165) is 57.8 Å². The molecule has 0 aliphatic rings. The predicted octanol–water partition coefficient (Wildman–Crippen LogP) is 27.2. The molecule has 0 spiro atoms. The Bertz CT molecular complexity index is 1500. The van der Waals surface area contributed by atoms with Gasteiger partial charge in [0.05, 0.1) is 25.4 Å². The van der Waals surface area contributed by atoms with E-state index in [9.17, 15) is 19.8 Å². The van der Waals surface area contributed by atoms with Gasteiger partial charge in [0.15, 0.2) is 0 Å². The second-order valence-electron chi connectivity index (χ2n) is 28.1. The minimum absolute atomic E-state index is 0.00322. The number of unbranched alkanes of at least 4 members (excludes halogenated alkanes) is 58. The van der Waals surface area contributed by atoms with E-state index in [0.29, 0.717) is 25.9 Å². The number of esters is 1. The maximum atomic E-state index is 12.6. The molecule has 6 nitrogen and oxygen atoms in total. The first-order valence-electron chi connectivity index (χ1n) is 40.9. The molecular formula is C84H159NO5. The molecule has 0 bridgehead atoms. The highest BCUT2D eigenvalue weighted by molar-refractivity contribution is 5.76. The fourth-order valence-corrected chi connectivity index (χ4v) is 12.9. The van der Waals surface area contributed by atoms with Crippen molar-refractivity contribution >= 4 is 11.9 Å². The van der Waals surface area contributed by atoms with E-state index < -0.39 is 12.1 Å². The van der Waals surface area contributed by atoms with Gasteiger partial charge in [-0.25, -0.2) is 0 Å². The lowest BCUT2D eigenvalue weighted by Gasteiger charge is -2.22. The van der Waals surface area contributed by atoms with Crippen molar-refractivity contribution in [2.75, 3.05) is 13.2 Å². The summed E-state index contributed by atoms with van der Waals surface area (Å²) in [6.45, 7) is 4.96. The zero-order valence-corrected chi connectivity index (χ0v) is 60.9. The Labute approximate surface area is 563 Å². The summed E-state index contributed by atoms with van der Waals surface area (Å²) in [5.74, 6) is -0.0243. The van der Waals surface area contributed by atoms with Crippen LogP contribution in [0.2, 0.25) is 0 Å². The largest absolute Gasteiger partial charge is 0.466 e. The van der Waals surface area contributed by atoms with Crippen molar-refractivity contribution in [1.82, 2.24) is 5.32 Å². The number of hydrogen-bond acceptors (Lipinski definition) is 5. The Morgan fingerprint density at radius 3 is 0.867 bits per heavy atom. The Kier molecular flexibility index (Phi) is 77.3. The number of ether oxygens (including phenoxy) is 1. The predicted molar refractivity (Wildman–Crippen MR) is 398 cm³/mol. The van der Waals surface area contributed by atoms with Gasteiger partial charge in [-0.1, -0.05) is 396 Å². The third-order valence-corrected chi connectivity index (χ3v) is 19.1. The lowest BCUT2D eigenvalue weighted by Crippen LogP contribution is -2.45. The number of nitrogens with one attached hydrogen (secondary N) is 1. The van der Waals surface area contributed by atoms with Crippen molar-refractivity contribution in [2.45, 2.75) is 463 Å². The van der Waals surface area contributed by atoms with Gasteiger partial charge in [-0.05, 0) is 89.9 Å². The highest BCUT2D eigenvalue weighted by Gasteiger charge is 2.20. The molecule has 90 heavy (non-hydrogen) atoms. The number of allylic oxidation sites excluding steroid dienone is 8. The van der Waals surface area contributed by atoms with Gasteiger partial charge in [0.1, 0.15) is 0 Å². The van der Waals surface area contributed by atoms with E-state index in [1.807, 2.05) is 0 Å². The van der Waals surface area contributed by atoms with Crippen LogP contribution in [0.25, 0.3) is 0 Å². The molecule has 0 fully saturated rings. The van der Waals surface area contributed by atoms with Gasteiger partial charge in [-0.2, -0.15) is 0 Å². The summed E-state index contributed by atoms with van der Waals surface area (Å²) in [4.78, 5) is 24.7. The maximum Gasteiger partial charge on any atom is 0.305 e. The summed E-state index contributed by atoms with van der Waals surface area (Å²) in [6.07, 6.45) is 105. The van der Waals surface area contributed by atoms with Crippen LogP contribution in [0.5, 0.6) is 0 Å². The van der Waals surface area contributed by atoms with Crippen molar-refractivity contribution in [3.8, 4) is 0 Å². The highest BCUT2D eigenvalue weighted by Crippen LogP contribution is 2.20. The molecule has 0 aliphatic carbocycles. The standard InChI is InChI=1S/C84H159NO5/c1-3-5-7-9-11-13-15-17-19-20-21-22-36-39-42-45-49-52-56-60-64-68-72-76-82(87)81(80-86)85-83(88)77-73-69-65-61-57-53-50-46-43-40-37-34-32-30-28-26-24-23-25-27-29-31-33-35-38-41-44-47-51-55-59-63-67-71-75-79-90-84(89)78-74-70-66-62-58-54-48-18-16-14-12-10-8-6-4-2/h12,14,18,25,27,31,33,48,81-82,86-87H,3-11,13,15-17,19-24,26,28-30,32,34-47,49-80H2,1-2H3,(H,85,88)/b14-12-,27-25-,33-31-,48-18-. The number of aliphatic hydroxyl groups is 2. The quantitative estimate of drug-likeness (QED) is 0.0320. The van der Waals surface area contributed by atoms with E-state index in [2.05, 4.69) is 67.8 Å². The van der Waals surface area contributed by atoms with E-state index in [-0.39, 0.29) is 18.5 Å². The SMILES string of the molecule is CCCCC/C=C\C/C=C\CCCCCCCC(=O)OCCCCCCCCCCCCC/C=C\C/C=C\CCCCCCCCCCCCCCCCCCCC(=O)NC(CO)C(O)CCCCCCCCCCCCCCCCCCCCCCCCC. The van der Waals surface area contributed by atoms with Crippen LogP contribution in [-0.2, 0) is 14.3 Å². The van der Waals surface area contributed by atoms with Crippen LogP contribution in [0.3, 0.4) is 0 Å². The molecule has 530 valence electrons. The molecule has 0 aromatic rings. The molecule has 0 heterocycles. The number of aliphatic hydroxyl groups excluding tert-OH is 2. The van der Waals surface area contributed by atoms with Crippen LogP contribution in [-0.4, -0.2) is 47.4 Å². The molecule has 0 aromatic carbocycles. The van der Waals surface area contributed by atoms with Gasteiger partial charge in [-0.3, -0.25) is 9.59 Å². The fraction of sp³-hybridized carbons (Fsp3) is 0.881. The normalized spacial score (nSPS) is 12.7. The maximum absolute atomic E-state index is 12.6. The summed E-state index contributed by atoms with van der Waals surface area (Å²) < 4.78 is 5.49. The van der Waals surface area contributed by atoms with Gasteiger partial charge in [-0.15, -0.1) is 0 Å². The van der Waals surface area contributed by atoms with Crippen LogP contribution >= 0.6 is 0 Å². The van der Waals surface area contributed by atoms with Crippen molar-refractivity contribution in [3.05, 3.63) is 48.6 Å². The van der Waals surface area contributed by atoms with E-state index in [1.165, 1.54) is 360 Å². The molecule has 0 rings (SSSR count). The number of carbonyl (C=O) groups excluding carboxylic acids is 2. The van der Waals surface area contributed by atoms with Crippen molar-refractivity contribution < 1.29 is 24.5 Å². The smallest absolute Gasteiger partial charge is 0.305 e. The Balaban J connectivity index is 3.38. The molecule has 2 atom stereocenters. The second kappa shape index (κ2) is 79.3. The van der Waals surface area contributed by atoms with Crippen molar-refractivity contribution in [2.24, 2.45) is 0 Å². The van der Waals surface area contributed by atoms with Crippen LogP contribution in [0.1, 0.15) is 450 Å². The molecule has 1 amide bonds. The molecule has 0 radical (unpaired) electrons. The van der Waals surface area contributed by atoms with Crippen LogP contribution < -0.4 is 5.32 Å². The lowest BCUT2D eigenvalue weighted by atomic mass is 10.0. The van der Waals surface area contributed by atoms with E-state index >= 15 is 0 Å². The zero-order chi connectivity index (χ0) is 64.9. The van der Waals surface area contributed by atoms with Gasteiger partial charge < -0.3 is 20.3 Å². The Hall–Kier alpha value is -2.18. The first-order chi connectivity index (χ1) is 44.5. The van der Waals surface area contributed by atoms with Crippen molar-refractivity contribution in [1.29, 1.82) is 0 Å². The lowest BCUT2D eigenvalue weighted by molar-refractivity contribution is -0.143. The first-order valence-corrected chi connectivity index (χ1v) is 40.9. The number of rotatable bonds is 77. The van der Waals surface area contributed by atoms with Gasteiger partial charge in [0.25, 0.3) is 0 Å². The van der Waals surface area contributed by atoms with Gasteiger partial charge in [0.2, 0.25) is 5.91 Å². The van der Waals surface area contributed by atoms with Crippen LogP contribution in [0.4, 0.5) is 0 Å². The molecular weight excluding hydrogens is 1100 g/mol. The number of carbonyl (C=O) groups is 2. The minimum Gasteiger partial charge on any atom is -0.466 e. The second-order valence-corrected chi connectivity index (χ2v) is 28.1. The molecule has 0 saturated carbocycles. The van der Waals surface area contributed by atoms with Crippen LogP contribution in [0, 0.1) is 0 Å². The zero-order valence-electron chi connectivity index (χ0n) is 60.9. The van der Waals surface area contributed by atoms with Crippen LogP contribution in [0.15, 0.2) is 48.6 Å². The summed E-state index contributed by atoms with van der Waals surface area (Å²) in [6, 6.07) is -0.542. The molecule has 6 heteroatoms. The average Bonchev–Trinajstić information content (AvgIpc) is 3.68. The van der Waals surface area contributed by atoms with Crippen molar-refractivity contribution in [3.63, 3.8) is 0 Å². The van der Waals surface area contributed by atoms with E-state index in [4.69, 9.17) is 4.74 Å². The topological polar surface area (TPSA) is 95.9 Å². The summed E-state index contributed by atoms with van der Waals surface area (Å²) in [5.41, 5.74) is 0. The average molecular weight is 1260 g/mol. The Morgan fingerprint density at radius 2 is 0.556 bits per heavy atom. The van der Waals surface area contributed by atoms with Gasteiger partial charge in [0, 0.05) is 12.8 Å². The summed E-state index contributed by atoms with van der Waals surface area (Å²) in [5, 5.41) is 23.5. The molecule has 2 unspecified atom stereocenters. The monoisotopic (exact) mass is 1260 g/mol. The van der Waals surface area contributed by atoms with Gasteiger partial charge >= 0.3 is 5.97 Å². The highest BCUT2D eigenvalue weighted by atomic mass is 16.5. The molecule has 0 aromatic heterocycles. The van der Waals surface area contributed by atoms with E-state index in [1.54, 1.807) is 0 Å². The summed E-state index contributed by atoms with van der Waals surface area (Å²) >= 11 is 0. The molecule has 3 N–H and O–H groups in total. The summed E-state index contributed by atoms with van der Waals surface area (Å²) in [7, 11) is 0.